The second-order valence-corrected chi connectivity index (χ2v) is 9.78. The Balaban J connectivity index is 1.66. The number of nitrogens with one attached hydrogen (secondary N) is 1. The highest BCUT2D eigenvalue weighted by atomic mass is 35.5. The number of fused-ring (bicyclic) bond motifs is 1. The summed E-state index contributed by atoms with van der Waals surface area (Å²) in [5.74, 6) is -0.398. The third-order valence-electron chi connectivity index (χ3n) is 4.99. The van der Waals surface area contributed by atoms with Crippen molar-refractivity contribution in [2.75, 3.05) is 5.32 Å². The first-order valence-corrected chi connectivity index (χ1v) is 11.8. The standard InChI is InChI=1S/C24H21ClN2O3S/c1-17-7-6-8-18(13-17)16-31(29,30)23-14-27(22-12-5-2-9-19(22)23)15-24(28)26-21-11-4-3-10-20(21)25/h2-14H,15-16H2,1H3,(H,26,28). The zero-order chi connectivity index (χ0) is 22.0. The minimum absolute atomic E-state index is 0.0360. The van der Waals surface area contributed by atoms with E-state index in [1.165, 1.54) is 0 Å². The molecule has 0 unspecified atom stereocenters. The van der Waals surface area contributed by atoms with Crippen LogP contribution in [0.15, 0.2) is 83.9 Å². The largest absolute Gasteiger partial charge is 0.337 e. The van der Waals surface area contributed by atoms with Crippen LogP contribution in [0.25, 0.3) is 10.9 Å². The topological polar surface area (TPSA) is 68.2 Å². The van der Waals surface area contributed by atoms with Gasteiger partial charge >= 0.3 is 0 Å². The van der Waals surface area contributed by atoms with Crippen LogP contribution in [0.3, 0.4) is 0 Å². The van der Waals surface area contributed by atoms with E-state index in [0.29, 0.717) is 21.6 Å². The third kappa shape index (κ3) is 4.65. The molecule has 31 heavy (non-hydrogen) atoms. The summed E-state index contributed by atoms with van der Waals surface area (Å²) in [5.41, 5.74) is 2.93. The number of benzene rings is 3. The summed E-state index contributed by atoms with van der Waals surface area (Å²) < 4.78 is 28.1. The van der Waals surface area contributed by atoms with Crippen LogP contribution in [0.2, 0.25) is 5.02 Å². The Morgan fingerprint density at radius 2 is 1.74 bits per heavy atom. The maximum absolute atomic E-state index is 13.2. The lowest BCUT2D eigenvalue weighted by Gasteiger charge is -2.08. The Morgan fingerprint density at radius 3 is 2.52 bits per heavy atom. The number of carbonyl (C=O) groups is 1. The molecule has 0 aliphatic heterocycles. The SMILES string of the molecule is Cc1cccc(CS(=O)(=O)c2cn(CC(=O)Nc3ccccc3Cl)c3ccccc23)c1. The number of carbonyl (C=O) groups excluding carboxylic acids is 1. The number of nitrogens with zero attached hydrogens (tertiary/aromatic N) is 1. The Labute approximate surface area is 186 Å². The van der Waals surface area contributed by atoms with Gasteiger partial charge in [-0.15, -0.1) is 0 Å². The van der Waals surface area contributed by atoms with Crippen LogP contribution in [0.5, 0.6) is 0 Å². The highest BCUT2D eigenvalue weighted by molar-refractivity contribution is 7.90. The summed E-state index contributed by atoms with van der Waals surface area (Å²) in [6, 6.07) is 21.6. The molecule has 0 atom stereocenters. The maximum atomic E-state index is 13.2. The summed E-state index contributed by atoms with van der Waals surface area (Å²) in [6.45, 7) is 1.89. The first-order valence-electron chi connectivity index (χ1n) is 9.74. The van der Waals surface area contributed by atoms with E-state index in [2.05, 4.69) is 5.32 Å². The Morgan fingerprint density at radius 1 is 1.00 bits per heavy atom. The molecule has 0 radical (unpaired) electrons. The molecule has 0 aliphatic rings. The predicted octanol–water partition coefficient (Wildman–Crippen LogP) is 5.22. The van der Waals surface area contributed by atoms with Crippen LogP contribution >= 0.6 is 11.6 Å². The first kappa shape index (κ1) is 21.2. The van der Waals surface area contributed by atoms with Gasteiger partial charge in [-0.1, -0.05) is 71.8 Å². The second kappa shape index (κ2) is 8.57. The van der Waals surface area contributed by atoms with Gasteiger partial charge in [-0.2, -0.15) is 0 Å². The summed E-state index contributed by atoms with van der Waals surface area (Å²) in [6.07, 6.45) is 1.54. The fraction of sp³-hybridized carbons (Fsp3) is 0.125. The van der Waals surface area contributed by atoms with Gasteiger partial charge in [-0.05, 0) is 30.7 Å². The number of aryl methyl sites for hydroxylation is 1. The number of aromatic nitrogens is 1. The fourth-order valence-electron chi connectivity index (χ4n) is 3.60. The highest BCUT2D eigenvalue weighted by Gasteiger charge is 2.22. The zero-order valence-corrected chi connectivity index (χ0v) is 18.5. The minimum Gasteiger partial charge on any atom is -0.337 e. The molecule has 4 aromatic rings. The van der Waals surface area contributed by atoms with Crippen LogP contribution in [0.4, 0.5) is 5.69 Å². The van der Waals surface area contributed by atoms with Crippen LogP contribution in [0, 0.1) is 6.92 Å². The van der Waals surface area contributed by atoms with Crippen molar-refractivity contribution in [3.63, 3.8) is 0 Å². The average Bonchev–Trinajstić information content (AvgIpc) is 3.09. The van der Waals surface area contributed by atoms with E-state index in [4.69, 9.17) is 11.6 Å². The van der Waals surface area contributed by atoms with E-state index in [-0.39, 0.29) is 23.1 Å². The highest BCUT2D eigenvalue weighted by Crippen LogP contribution is 2.28. The molecule has 0 saturated heterocycles. The number of sulfone groups is 1. The Hall–Kier alpha value is -3.09. The van der Waals surface area contributed by atoms with E-state index in [9.17, 15) is 13.2 Å². The van der Waals surface area contributed by atoms with Crippen molar-refractivity contribution in [1.82, 2.24) is 4.57 Å². The molecule has 1 heterocycles. The quantitative estimate of drug-likeness (QED) is 0.436. The van der Waals surface area contributed by atoms with Gasteiger partial charge in [0, 0.05) is 17.1 Å². The van der Waals surface area contributed by atoms with E-state index in [1.54, 1.807) is 53.2 Å². The van der Waals surface area contributed by atoms with Crippen LogP contribution in [-0.2, 0) is 26.9 Å². The van der Waals surface area contributed by atoms with Gasteiger partial charge in [0.1, 0.15) is 6.54 Å². The summed E-state index contributed by atoms with van der Waals surface area (Å²) in [4.78, 5) is 12.8. The molecule has 0 fully saturated rings. The zero-order valence-electron chi connectivity index (χ0n) is 16.9. The number of hydrogen-bond donors (Lipinski definition) is 1. The number of rotatable bonds is 6. The van der Waals surface area contributed by atoms with E-state index in [0.717, 1.165) is 11.1 Å². The molecule has 3 aromatic carbocycles. The van der Waals surface area contributed by atoms with Crippen molar-refractivity contribution in [3.8, 4) is 0 Å². The van der Waals surface area contributed by atoms with Crippen LogP contribution in [0.1, 0.15) is 11.1 Å². The minimum atomic E-state index is -3.61. The first-order chi connectivity index (χ1) is 14.8. The number of para-hydroxylation sites is 2. The molecule has 158 valence electrons. The average molecular weight is 453 g/mol. The molecule has 5 nitrogen and oxygen atoms in total. The lowest BCUT2D eigenvalue weighted by Crippen LogP contribution is -2.18. The molecule has 4 rings (SSSR count). The number of hydrogen-bond acceptors (Lipinski definition) is 3. The molecule has 0 bridgehead atoms. The number of halogens is 1. The molecule has 1 amide bonds. The van der Waals surface area contributed by atoms with Gasteiger partial charge in [-0.25, -0.2) is 8.42 Å². The van der Waals surface area contributed by atoms with Crippen molar-refractivity contribution in [2.24, 2.45) is 0 Å². The van der Waals surface area contributed by atoms with E-state index >= 15 is 0 Å². The molecule has 7 heteroatoms. The molecule has 1 aromatic heterocycles. The molecular weight excluding hydrogens is 432 g/mol. The number of anilines is 1. The van der Waals surface area contributed by atoms with Crippen LogP contribution in [-0.4, -0.2) is 18.9 Å². The van der Waals surface area contributed by atoms with Gasteiger partial charge < -0.3 is 9.88 Å². The summed E-state index contributed by atoms with van der Waals surface area (Å²) >= 11 is 6.12. The molecule has 1 N–H and O–H groups in total. The normalized spacial score (nSPS) is 11.5. The van der Waals surface area contributed by atoms with Crippen molar-refractivity contribution in [1.29, 1.82) is 0 Å². The van der Waals surface area contributed by atoms with Crippen molar-refractivity contribution >= 4 is 43.9 Å². The molecule has 0 saturated carbocycles. The van der Waals surface area contributed by atoms with Gasteiger partial charge in [-0.3, -0.25) is 4.79 Å². The second-order valence-electron chi connectivity index (χ2n) is 7.41. The Kier molecular flexibility index (Phi) is 5.85. The third-order valence-corrected chi connectivity index (χ3v) is 7.03. The van der Waals surface area contributed by atoms with Crippen LogP contribution < -0.4 is 5.32 Å². The van der Waals surface area contributed by atoms with Crippen molar-refractivity contribution in [2.45, 2.75) is 24.1 Å². The van der Waals surface area contributed by atoms with Gasteiger partial charge in [0.15, 0.2) is 9.84 Å². The van der Waals surface area contributed by atoms with Gasteiger partial charge in [0.05, 0.1) is 21.4 Å². The predicted molar refractivity (Wildman–Crippen MR) is 124 cm³/mol. The van der Waals surface area contributed by atoms with Gasteiger partial charge in [0.25, 0.3) is 0 Å². The summed E-state index contributed by atoms with van der Waals surface area (Å²) in [5, 5.41) is 3.81. The van der Waals surface area contributed by atoms with E-state index in [1.807, 2.05) is 37.3 Å². The molecular formula is C24H21ClN2O3S. The lowest BCUT2D eigenvalue weighted by atomic mass is 10.2. The smallest absolute Gasteiger partial charge is 0.244 e. The molecule has 0 aliphatic carbocycles. The van der Waals surface area contributed by atoms with Crippen molar-refractivity contribution in [3.05, 3.63) is 95.1 Å². The van der Waals surface area contributed by atoms with Crippen molar-refractivity contribution < 1.29 is 13.2 Å². The lowest BCUT2D eigenvalue weighted by molar-refractivity contribution is -0.116. The Bertz CT molecular complexity index is 1380. The summed E-state index contributed by atoms with van der Waals surface area (Å²) in [7, 11) is -3.61. The molecule has 0 spiro atoms. The monoisotopic (exact) mass is 452 g/mol. The maximum Gasteiger partial charge on any atom is 0.244 e. The fourth-order valence-corrected chi connectivity index (χ4v) is 5.35. The van der Waals surface area contributed by atoms with E-state index < -0.39 is 9.84 Å². The number of amides is 1. The van der Waals surface area contributed by atoms with Gasteiger partial charge in [0.2, 0.25) is 5.91 Å².